The van der Waals surface area contributed by atoms with Crippen LogP contribution in [-0.2, 0) is 0 Å². The number of piperazine rings is 1. The van der Waals surface area contributed by atoms with Crippen molar-refractivity contribution in [2.75, 3.05) is 26.2 Å². The van der Waals surface area contributed by atoms with E-state index in [9.17, 15) is 13.2 Å². The van der Waals surface area contributed by atoms with E-state index < -0.39 is 24.7 Å². The van der Waals surface area contributed by atoms with Crippen LogP contribution in [0.2, 0.25) is 10.0 Å². The molecule has 1 aliphatic rings. The van der Waals surface area contributed by atoms with Crippen molar-refractivity contribution in [2.24, 2.45) is 0 Å². The van der Waals surface area contributed by atoms with Crippen LogP contribution in [0.5, 0.6) is 0 Å². The van der Waals surface area contributed by atoms with Crippen molar-refractivity contribution in [1.82, 2.24) is 10.2 Å². The topological polar surface area (TPSA) is 15.3 Å². The predicted octanol–water partition coefficient (Wildman–Crippen LogP) is 4.16. The third kappa shape index (κ3) is 4.63. The summed E-state index contributed by atoms with van der Waals surface area (Å²) in [6.07, 6.45) is -3.00. The lowest BCUT2D eigenvalue weighted by Crippen LogP contribution is -2.45. The van der Waals surface area contributed by atoms with Gasteiger partial charge in [-0.15, -0.1) is 12.4 Å². The molecule has 1 saturated heterocycles. The van der Waals surface area contributed by atoms with Crippen LogP contribution >= 0.6 is 35.6 Å². The molecule has 0 spiro atoms. The third-order valence-electron chi connectivity index (χ3n) is 3.41. The lowest BCUT2D eigenvalue weighted by Gasteiger charge is -2.35. The van der Waals surface area contributed by atoms with Crippen LogP contribution in [0.1, 0.15) is 18.0 Å². The second-order valence-corrected chi connectivity index (χ2v) is 5.47. The van der Waals surface area contributed by atoms with Crippen molar-refractivity contribution >= 4 is 35.6 Å². The molecular formula is C13H16Cl3F3N2. The first kappa shape index (κ1) is 18.8. The van der Waals surface area contributed by atoms with E-state index in [0.717, 1.165) is 0 Å². The molecule has 1 heterocycles. The molecular weight excluding hydrogens is 348 g/mol. The normalized spacial score (nSPS) is 17.6. The van der Waals surface area contributed by atoms with Gasteiger partial charge in [0.05, 0.1) is 10.0 Å². The van der Waals surface area contributed by atoms with Gasteiger partial charge in [0.2, 0.25) is 6.43 Å². The van der Waals surface area contributed by atoms with Crippen LogP contribution < -0.4 is 5.32 Å². The fraction of sp³-hybridized carbons (Fsp3) is 0.538. The summed E-state index contributed by atoms with van der Waals surface area (Å²) < 4.78 is 39.8. The predicted molar refractivity (Wildman–Crippen MR) is 81.5 cm³/mol. The molecule has 0 aromatic heterocycles. The van der Waals surface area contributed by atoms with Gasteiger partial charge in [0, 0.05) is 44.2 Å². The zero-order valence-corrected chi connectivity index (χ0v) is 13.4. The molecule has 8 heteroatoms. The number of benzene rings is 1. The van der Waals surface area contributed by atoms with Crippen molar-refractivity contribution < 1.29 is 13.2 Å². The van der Waals surface area contributed by atoms with Crippen LogP contribution in [0.3, 0.4) is 0 Å². The minimum absolute atomic E-state index is 0. The van der Waals surface area contributed by atoms with Gasteiger partial charge < -0.3 is 5.32 Å². The van der Waals surface area contributed by atoms with Gasteiger partial charge in [-0.1, -0.05) is 23.2 Å². The van der Waals surface area contributed by atoms with Crippen molar-refractivity contribution in [3.8, 4) is 0 Å². The highest BCUT2D eigenvalue weighted by Gasteiger charge is 2.30. The summed E-state index contributed by atoms with van der Waals surface area (Å²) in [6.45, 7) is 2.50. The molecule has 120 valence electrons. The second kappa shape index (κ2) is 8.44. The van der Waals surface area contributed by atoms with E-state index in [-0.39, 0.29) is 28.0 Å². The van der Waals surface area contributed by atoms with E-state index in [1.807, 2.05) is 4.90 Å². The van der Waals surface area contributed by atoms with Gasteiger partial charge in [-0.05, 0) is 12.1 Å². The Kier molecular flexibility index (Phi) is 7.57. The summed E-state index contributed by atoms with van der Waals surface area (Å²) in [5.74, 6) is -0.594. The number of nitrogens with one attached hydrogen (secondary N) is 1. The fourth-order valence-electron chi connectivity index (χ4n) is 2.46. The Hall–Kier alpha value is -0.200. The molecule has 1 atom stereocenters. The zero-order valence-electron chi connectivity index (χ0n) is 11.1. The molecule has 1 aromatic rings. The molecule has 1 aliphatic heterocycles. The number of hydrogen-bond donors (Lipinski definition) is 1. The average Bonchev–Trinajstić information content (AvgIpc) is 2.43. The van der Waals surface area contributed by atoms with Crippen molar-refractivity contribution in [1.29, 1.82) is 0 Å². The molecule has 2 nitrogen and oxygen atoms in total. The lowest BCUT2D eigenvalue weighted by molar-refractivity contribution is 0.0726. The fourth-order valence-corrected chi connectivity index (χ4v) is 2.90. The van der Waals surface area contributed by atoms with Gasteiger partial charge in [0.15, 0.2) is 0 Å². The number of hydrogen-bond acceptors (Lipinski definition) is 2. The van der Waals surface area contributed by atoms with Crippen LogP contribution in [0.25, 0.3) is 0 Å². The van der Waals surface area contributed by atoms with Gasteiger partial charge in [0.1, 0.15) is 5.82 Å². The quantitative estimate of drug-likeness (QED) is 0.808. The number of alkyl halides is 2. The number of nitrogens with zero attached hydrogens (tertiary/aromatic N) is 1. The molecule has 2 rings (SSSR count). The number of rotatable bonds is 4. The Morgan fingerprint density at radius 3 is 2.38 bits per heavy atom. The van der Waals surface area contributed by atoms with E-state index in [1.54, 1.807) is 0 Å². The highest BCUT2D eigenvalue weighted by atomic mass is 35.5. The SMILES string of the molecule is Cl.Fc1ccc(Cl)c(Cl)c1[C@H](CC(F)F)N1CCNCC1. The largest absolute Gasteiger partial charge is 0.314 e. The van der Waals surface area contributed by atoms with Crippen LogP contribution in [0.15, 0.2) is 12.1 Å². The van der Waals surface area contributed by atoms with Gasteiger partial charge in [-0.3, -0.25) is 4.90 Å². The van der Waals surface area contributed by atoms with Crippen molar-refractivity contribution in [3.63, 3.8) is 0 Å². The maximum Gasteiger partial charge on any atom is 0.240 e. The molecule has 0 saturated carbocycles. The van der Waals surface area contributed by atoms with Crippen molar-refractivity contribution in [3.05, 3.63) is 33.6 Å². The Bertz CT molecular complexity index is 468. The molecule has 21 heavy (non-hydrogen) atoms. The average molecular weight is 364 g/mol. The van der Waals surface area contributed by atoms with Crippen LogP contribution in [-0.4, -0.2) is 37.5 Å². The minimum atomic E-state index is -2.54. The maximum atomic E-state index is 14.1. The van der Waals surface area contributed by atoms with E-state index in [1.165, 1.54) is 12.1 Å². The van der Waals surface area contributed by atoms with Gasteiger partial charge in [-0.2, -0.15) is 0 Å². The van der Waals surface area contributed by atoms with E-state index >= 15 is 0 Å². The summed E-state index contributed by atoms with van der Waals surface area (Å²) in [6, 6.07) is 1.74. The van der Waals surface area contributed by atoms with E-state index in [4.69, 9.17) is 23.2 Å². The lowest BCUT2D eigenvalue weighted by atomic mass is 10.0. The molecule has 1 fully saturated rings. The smallest absolute Gasteiger partial charge is 0.240 e. The summed E-state index contributed by atoms with van der Waals surface area (Å²) >= 11 is 11.9. The highest BCUT2D eigenvalue weighted by Crippen LogP contribution is 2.37. The van der Waals surface area contributed by atoms with Gasteiger partial charge in [-0.25, -0.2) is 13.2 Å². The van der Waals surface area contributed by atoms with E-state index in [2.05, 4.69) is 5.32 Å². The zero-order chi connectivity index (χ0) is 14.7. The Morgan fingerprint density at radius 1 is 1.19 bits per heavy atom. The molecule has 1 aromatic carbocycles. The summed E-state index contributed by atoms with van der Waals surface area (Å²) in [4.78, 5) is 1.82. The first-order valence-electron chi connectivity index (χ1n) is 6.37. The molecule has 0 unspecified atom stereocenters. The monoisotopic (exact) mass is 362 g/mol. The van der Waals surface area contributed by atoms with Crippen LogP contribution in [0.4, 0.5) is 13.2 Å². The first-order valence-corrected chi connectivity index (χ1v) is 7.12. The third-order valence-corrected chi connectivity index (χ3v) is 4.23. The van der Waals surface area contributed by atoms with E-state index in [0.29, 0.717) is 26.2 Å². The molecule has 0 bridgehead atoms. The van der Waals surface area contributed by atoms with Gasteiger partial charge >= 0.3 is 0 Å². The second-order valence-electron chi connectivity index (χ2n) is 4.69. The first-order chi connectivity index (χ1) is 9.50. The molecule has 0 radical (unpaired) electrons. The summed E-state index contributed by atoms with van der Waals surface area (Å²) in [7, 11) is 0. The Labute approximate surface area is 138 Å². The standard InChI is InChI=1S/C13H15Cl2F3N2.ClH/c14-8-1-2-9(16)12(13(8)15)10(7-11(17)18)20-5-3-19-4-6-20;/h1-2,10-11,19H,3-7H2;1H/t10-;/m0./s1. The summed E-state index contributed by atoms with van der Waals surface area (Å²) in [5, 5.41) is 3.34. The minimum Gasteiger partial charge on any atom is -0.314 e. The maximum absolute atomic E-state index is 14.1. The van der Waals surface area contributed by atoms with Gasteiger partial charge in [0.25, 0.3) is 0 Å². The Morgan fingerprint density at radius 2 is 1.81 bits per heavy atom. The Balaban J connectivity index is 0.00000220. The highest BCUT2D eigenvalue weighted by molar-refractivity contribution is 6.42. The number of halogens is 6. The van der Waals surface area contributed by atoms with Crippen molar-refractivity contribution in [2.45, 2.75) is 18.9 Å². The summed E-state index contributed by atoms with van der Waals surface area (Å²) in [5.41, 5.74) is 0.0707. The molecule has 1 N–H and O–H groups in total. The molecule has 0 amide bonds. The molecule has 0 aliphatic carbocycles. The van der Waals surface area contributed by atoms with Crippen LogP contribution in [0, 0.1) is 5.82 Å².